The van der Waals surface area contributed by atoms with Crippen LogP contribution in [-0.4, -0.2) is 302 Å². The van der Waals surface area contributed by atoms with E-state index < -0.39 is 118 Å². The molecule has 0 atom stereocenters. The summed E-state index contributed by atoms with van der Waals surface area (Å²) in [5.41, 5.74) is 5.63. The molecule has 6 heterocycles. The summed E-state index contributed by atoms with van der Waals surface area (Å²) < 4.78 is 218. The zero-order valence-electron chi connectivity index (χ0n) is 70.2. The second-order valence-electron chi connectivity index (χ2n) is 31.8. The van der Waals surface area contributed by atoms with Gasteiger partial charge in [0, 0.05) is 122 Å². The van der Waals surface area contributed by atoms with Gasteiger partial charge in [0.1, 0.15) is 28.3 Å². The predicted molar refractivity (Wildman–Crippen MR) is 470 cm³/mol. The molecular formula is C76H107N13NaO26S6Si3+3. The van der Waals surface area contributed by atoms with Crippen LogP contribution in [0.15, 0.2) is 103 Å². The van der Waals surface area contributed by atoms with E-state index >= 15 is 0 Å². The number of benzene rings is 4. The summed E-state index contributed by atoms with van der Waals surface area (Å²) in [6.45, 7) is 10.4. The number of hydrogen-bond donors (Lipinski definition) is 10. The molecule has 0 saturated heterocycles. The number of alkyl carbamates (subject to hydrolysis) is 1. The monoisotopic (exact) mass is 1920 g/mol. The van der Waals surface area contributed by atoms with Crippen LogP contribution in [0.25, 0.3) is 89.7 Å². The molecule has 3 aliphatic heterocycles. The van der Waals surface area contributed by atoms with Gasteiger partial charge in [0.2, 0.25) is 5.91 Å². The summed E-state index contributed by atoms with van der Waals surface area (Å²) in [6.07, 6.45) is 5.47. The Bertz CT molecular complexity index is 5580. The average molecular weight is 1920 g/mol. The molecule has 49 heteroatoms. The van der Waals surface area contributed by atoms with E-state index in [0.717, 1.165) is 49.7 Å². The van der Waals surface area contributed by atoms with E-state index in [0.29, 0.717) is 127 Å². The van der Waals surface area contributed by atoms with Gasteiger partial charge in [-0.15, -0.1) is 0 Å². The van der Waals surface area contributed by atoms with Crippen molar-refractivity contribution in [1.29, 1.82) is 0 Å². The minimum Gasteiger partial charge on any atom is -0.493 e. The van der Waals surface area contributed by atoms with Gasteiger partial charge in [0.05, 0.1) is 105 Å². The molecule has 3 aliphatic rings. The number of fused-ring (bicyclic) bond motifs is 20. The average Bonchev–Trinajstić information content (AvgIpc) is 1.60. The number of quaternary nitrogens is 2. The third kappa shape index (κ3) is 34.2. The van der Waals surface area contributed by atoms with Gasteiger partial charge in [-0.25, -0.2) is 34.7 Å². The normalized spacial score (nSPS) is 13.5. The van der Waals surface area contributed by atoms with Crippen LogP contribution in [-0.2, 0) is 88.1 Å². The molecule has 39 nitrogen and oxygen atoms in total. The Morgan fingerprint density at radius 2 is 0.792 bits per heavy atom. The summed E-state index contributed by atoms with van der Waals surface area (Å²) >= 11 is 0. The van der Waals surface area contributed by atoms with Crippen LogP contribution in [0, 0.1) is 0 Å². The molecule has 125 heavy (non-hydrogen) atoms. The maximum atomic E-state index is 12.4. The first kappa shape index (κ1) is 103. The molecule has 0 saturated carbocycles. The van der Waals surface area contributed by atoms with E-state index in [2.05, 4.69) is 20.6 Å². The summed E-state index contributed by atoms with van der Waals surface area (Å²) in [7, 11) is -31.3. The number of imide groups is 1. The number of amides is 4. The van der Waals surface area contributed by atoms with Crippen molar-refractivity contribution in [2.24, 2.45) is 0 Å². The van der Waals surface area contributed by atoms with Crippen LogP contribution < -0.4 is 44.9 Å². The van der Waals surface area contributed by atoms with Crippen LogP contribution in [0.2, 0.25) is 38.3 Å². The summed E-state index contributed by atoms with van der Waals surface area (Å²) in [4.78, 5) is 86.0. The van der Waals surface area contributed by atoms with Gasteiger partial charge in [-0.3, -0.25) is 46.6 Å². The minimum absolute atomic E-state index is 0. The van der Waals surface area contributed by atoms with E-state index in [4.69, 9.17) is 47.6 Å². The van der Waals surface area contributed by atoms with Crippen molar-refractivity contribution in [3.63, 3.8) is 0 Å². The minimum atomic E-state index is -4.33. The van der Waals surface area contributed by atoms with Crippen molar-refractivity contribution in [1.82, 2.24) is 55.4 Å². The Kier molecular flexibility index (Phi) is 37.7. The van der Waals surface area contributed by atoms with E-state index in [1.165, 1.54) is 12.2 Å². The molecule has 0 aliphatic carbocycles. The first-order chi connectivity index (χ1) is 58.2. The Morgan fingerprint density at radius 3 is 1.21 bits per heavy atom. The second kappa shape index (κ2) is 45.7. The van der Waals surface area contributed by atoms with Crippen LogP contribution in [0.1, 0.15) is 83.5 Å². The van der Waals surface area contributed by atoms with Crippen LogP contribution in [0.3, 0.4) is 0 Å². The number of nitrogens with zero attached hydrogens (tertiary/aromatic N) is 9. The smallest absolute Gasteiger partial charge is 0.493 e. The molecule has 10 rings (SSSR count). The molecule has 2 radical (unpaired) electrons. The topological polar surface area (TPSA) is 568 Å². The van der Waals surface area contributed by atoms with Crippen molar-refractivity contribution in [2.75, 3.05) is 120 Å². The summed E-state index contributed by atoms with van der Waals surface area (Å²) in [5, 5.41) is 8.70. The molecule has 7 aromatic rings. The molecule has 4 amide bonds. The van der Waals surface area contributed by atoms with Gasteiger partial charge >= 0.3 is 45.7 Å². The van der Waals surface area contributed by atoms with Crippen molar-refractivity contribution in [2.45, 2.75) is 122 Å². The maximum Gasteiger partial charge on any atom is 1.00 e. The fourth-order valence-corrected chi connectivity index (χ4v) is 23.1. The van der Waals surface area contributed by atoms with Crippen LogP contribution in [0.4, 0.5) is 4.79 Å². The zero-order valence-corrected chi connectivity index (χ0v) is 80.1. The Morgan fingerprint density at radius 1 is 0.424 bits per heavy atom. The SMILES string of the molecule is C[Si](C)(CCC[N+](CCCS(=O)(=O)O)(CCCS(=O)(=O)O)CCCS(=O)(=O)O)O[Si]O[Si](C)(C)CCC[N+](CCCS(=O)(=O)O)(CCCS(=O)(=O)O)CCCS(=O)(=O)O.O=C(CCCCCNC(=O)OCCCOc1cccc2c3nc4nc(nc5nc(nc6[nH]c(nc([nH]3)c12)c1ccccc61)-c1ccccc1-5)-c1ccccc1-4)NCCN1C(=O)C=CC1=O.[Na+]. The fraction of sp³-hybridized carbons (Fsp3) is 0.500. The van der Waals surface area contributed by atoms with Gasteiger partial charge in [-0.2, -0.15) is 50.5 Å². The second-order valence-corrected chi connectivity index (χ2v) is 51.1. The quantitative estimate of drug-likeness (QED) is 0.00787. The van der Waals surface area contributed by atoms with Crippen molar-refractivity contribution >= 4 is 155 Å². The largest absolute Gasteiger partial charge is 1.00 e. The number of unbranched alkanes of at least 4 members (excludes halogenated alkanes) is 2. The number of nitrogens with one attached hydrogen (secondary N) is 4. The number of H-pyrrole nitrogens is 2. The van der Waals surface area contributed by atoms with Gasteiger partial charge in [0.15, 0.2) is 39.9 Å². The fourth-order valence-electron chi connectivity index (χ4n) is 14.9. The first-order valence-corrected chi connectivity index (χ1v) is 57.0. The maximum absolute atomic E-state index is 12.4. The Labute approximate surface area is 753 Å². The molecule has 678 valence electrons. The number of rotatable bonds is 50. The van der Waals surface area contributed by atoms with E-state index in [1.807, 2.05) is 117 Å². The van der Waals surface area contributed by atoms with E-state index in [1.54, 1.807) is 0 Å². The molecule has 8 bridgehead atoms. The van der Waals surface area contributed by atoms with Gasteiger partial charge in [-0.1, -0.05) is 91.3 Å². The predicted octanol–water partition coefficient (Wildman–Crippen LogP) is 5.02. The third-order valence-electron chi connectivity index (χ3n) is 20.9. The number of aromatic nitrogens is 8. The molecule has 0 spiro atoms. The summed E-state index contributed by atoms with van der Waals surface area (Å²) in [6, 6.07) is 30.5. The molecular weight excluding hydrogens is 1810 g/mol. The number of carbonyl (C=O) groups is 4. The molecule has 3 aromatic heterocycles. The van der Waals surface area contributed by atoms with E-state index in [-0.39, 0.29) is 170 Å². The van der Waals surface area contributed by atoms with Crippen LogP contribution >= 0.6 is 0 Å². The first-order valence-electron chi connectivity index (χ1n) is 40.3. The van der Waals surface area contributed by atoms with Gasteiger partial charge < -0.3 is 47.3 Å². The molecule has 10 N–H and O–H groups in total. The van der Waals surface area contributed by atoms with Crippen molar-refractivity contribution in [3.05, 3.63) is 103 Å². The zero-order chi connectivity index (χ0) is 90.4. The van der Waals surface area contributed by atoms with Crippen LogP contribution in [0.5, 0.6) is 5.75 Å². The number of ether oxygens (including phenoxy) is 2. The molecule has 0 fully saturated rings. The number of hydrogen-bond acceptors (Lipinski definition) is 26. The molecule has 0 unspecified atom stereocenters. The Hall–Kier alpha value is -7.39. The number of aromatic amines is 2. The van der Waals surface area contributed by atoms with Gasteiger partial charge in [0.25, 0.3) is 72.5 Å². The third-order valence-corrected chi connectivity index (χ3v) is 33.9. The summed E-state index contributed by atoms with van der Waals surface area (Å²) in [5.74, 6) is -1.81. The standard InChI is InChI=1S/C48H41N11O6.C28H64N2O20S6Si3.Na/c60-36(49-24-25-59-37(61)21-22-38(59)62)20-2-1-9-23-50-48(63)65-27-11-26-64-35-19-10-18-34-39(35)47-57-45-33-17-8-7-16-32(33)43(55-45)53-41-29-13-4-3-12-28(29)40(51-41)52-42-30-14-5-6-15-31(30)44(54-42)56-46(34)58-47;1-58(2,27-11-19-29(13-5-21-51(31,32)33,14-6-22-52(34,35)36)15-7-23-53(37,38)39)49-57-50-59(3,4)28-12-20-30(16-8-24-54(40,41)42,17-9-25-55(43,44)45)18-10-26-56(46,47)48;/h3-8,10,12-19,21-22H,1-2,9,11,20,23-27H2,(H,49,60)(H,50,63)(H2,51,52,53,54,55,56,57,58);5-28H2,1-4H3,(H4-2,31,32,33,34,35,36,37,38,39,40,41,42,43,44,45,46,47,48);/q;;+1/p+2. The van der Waals surface area contributed by atoms with Crippen molar-refractivity contribution in [3.8, 4) is 51.3 Å². The van der Waals surface area contributed by atoms with E-state index in [9.17, 15) is 97.0 Å². The molecule has 4 aromatic carbocycles. The van der Waals surface area contributed by atoms with Gasteiger partial charge in [-0.05, 0) is 70.0 Å². The Balaban J connectivity index is 0.000000310. The van der Waals surface area contributed by atoms with Crippen molar-refractivity contribution < 1.29 is 153 Å². The number of carbonyl (C=O) groups excluding carboxylic acids is 4.